The van der Waals surface area contributed by atoms with Gasteiger partial charge >= 0.3 is 0 Å². The van der Waals surface area contributed by atoms with Crippen molar-refractivity contribution in [2.75, 3.05) is 0 Å². The number of hydrogen-bond donors (Lipinski definition) is 2. The molecule has 2 aromatic rings. The lowest BCUT2D eigenvalue weighted by molar-refractivity contribution is 0.841. The Labute approximate surface area is 101 Å². The van der Waals surface area contributed by atoms with Crippen molar-refractivity contribution in [3.63, 3.8) is 0 Å². The molecule has 0 aliphatic carbocycles. The molecule has 2 rings (SSSR count). The van der Waals surface area contributed by atoms with Gasteiger partial charge in [0.25, 0.3) is 0 Å². The van der Waals surface area contributed by atoms with E-state index in [0.29, 0.717) is 11.4 Å². The van der Waals surface area contributed by atoms with Crippen LogP contribution < -0.4 is 5.73 Å². The number of aryl methyl sites for hydroxylation is 1. The van der Waals surface area contributed by atoms with E-state index < -0.39 is 0 Å². The Bertz CT molecular complexity index is 546. The van der Waals surface area contributed by atoms with E-state index in [1.807, 2.05) is 13.0 Å². The zero-order valence-corrected chi connectivity index (χ0v) is 10.2. The molecule has 82 valence electrons. The quantitative estimate of drug-likeness (QED) is 0.648. The second-order valence-corrected chi connectivity index (χ2v) is 4.26. The molecule has 3 N–H and O–H groups in total. The molecule has 0 fully saturated rings. The number of aromatic nitrogens is 3. The largest absolute Gasteiger partial charge is 0.384 e. The third-order valence-corrected chi connectivity index (χ3v) is 2.59. The van der Waals surface area contributed by atoms with E-state index in [2.05, 4.69) is 26.0 Å². The number of halogens is 1. The van der Waals surface area contributed by atoms with Gasteiger partial charge < -0.3 is 5.73 Å². The molecule has 0 radical (unpaired) electrons. The Kier molecular flexibility index (Phi) is 2.74. The normalized spacial score (nSPS) is 10.4. The van der Waals surface area contributed by atoms with Gasteiger partial charge in [-0.3, -0.25) is 5.41 Å². The van der Waals surface area contributed by atoms with E-state index >= 15 is 0 Å². The summed E-state index contributed by atoms with van der Waals surface area (Å²) in [5.74, 6) is 0.561. The highest BCUT2D eigenvalue weighted by Gasteiger charge is 2.12. The number of hydrogen-bond acceptors (Lipinski definition) is 3. The van der Waals surface area contributed by atoms with E-state index in [1.165, 1.54) is 0 Å². The van der Waals surface area contributed by atoms with Gasteiger partial charge in [-0.05, 0) is 34.5 Å². The van der Waals surface area contributed by atoms with E-state index in [4.69, 9.17) is 11.1 Å². The maximum atomic E-state index is 7.56. The Morgan fingerprint density at radius 2 is 2.31 bits per heavy atom. The van der Waals surface area contributed by atoms with Crippen LogP contribution in [0.4, 0.5) is 0 Å². The van der Waals surface area contributed by atoms with Gasteiger partial charge in [-0.2, -0.15) is 5.10 Å². The summed E-state index contributed by atoms with van der Waals surface area (Å²) in [5.41, 5.74) is 7.07. The van der Waals surface area contributed by atoms with Gasteiger partial charge in [0.1, 0.15) is 5.84 Å². The van der Waals surface area contributed by atoms with Crippen molar-refractivity contribution in [3.8, 4) is 5.82 Å². The molecule has 0 spiro atoms. The molecular weight excluding hydrogens is 270 g/mol. The van der Waals surface area contributed by atoms with Crippen LogP contribution in [0.25, 0.3) is 5.82 Å². The van der Waals surface area contributed by atoms with Gasteiger partial charge in [-0.25, -0.2) is 9.67 Å². The Balaban J connectivity index is 2.65. The molecular formula is C10H10BrN5. The smallest absolute Gasteiger partial charge is 0.164 e. The molecule has 6 heteroatoms. The van der Waals surface area contributed by atoms with Crippen LogP contribution in [0.15, 0.2) is 29.1 Å². The summed E-state index contributed by atoms with van der Waals surface area (Å²) in [5, 5.41) is 11.7. The molecule has 0 saturated heterocycles. The Hall–Kier alpha value is -1.69. The molecule has 0 aromatic carbocycles. The van der Waals surface area contributed by atoms with Crippen LogP contribution >= 0.6 is 15.9 Å². The molecule has 16 heavy (non-hydrogen) atoms. The second-order valence-electron chi connectivity index (χ2n) is 3.34. The van der Waals surface area contributed by atoms with Crippen LogP contribution in [-0.4, -0.2) is 20.6 Å². The van der Waals surface area contributed by atoms with Crippen LogP contribution in [0.1, 0.15) is 11.1 Å². The van der Waals surface area contributed by atoms with Crippen molar-refractivity contribution >= 4 is 21.8 Å². The third kappa shape index (κ3) is 1.83. The third-order valence-electron chi connectivity index (χ3n) is 2.18. The van der Waals surface area contributed by atoms with Crippen molar-refractivity contribution in [2.24, 2.45) is 5.73 Å². The standard InChI is InChI=1S/C10H10BrN5/c1-6-2-3-14-10(8(6)9(12)13)16-5-7(11)4-15-16/h2-5H,1H3,(H3,12,13). The van der Waals surface area contributed by atoms with Gasteiger partial charge in [-0.15, -0.1) is 0 Å². The monoisotopic (exact) mass is 279 g/mol. The minimum absolute atomic E-state index is 0.00720. The average Bonchev–Trinajstić information content (AvgIpc) is 2.63. The first-order chi connectivity index (χ1) is 7.59. The van der Waals surface area contributed by atoms with Crippen molar-refractivity contribution in [1.82, 2.24) is 14.8 Å². The molecule has 0 unspecified atom stereocenters. The van der Waals surface area contributed by atoms with Crippen LogP contribution in [0.5, 0.6) is 0 Å². The number of nitrogens with zero attached hydrogens (tertiary/aromatic N) is 3. The summed E-state index contributed by atoms with van der Waals surface area (Å²) in [6.07, 6.45) is 5.11. The van der Waals surface area contributed by atoms with Gasteiger partial charge in [0.15, 0.2) is 5.82 Å². The minimum Gasteiger partial charge on any atom is -0.384 e. The lowest BCUT2D eigenvalue weighted by Gasteiger charge is -2.09. The van der Waals surface area contributed by atoms with E-state index in [1.54, 1.807) is 23.3 Å². The first-order valence-corrected chi connectivity index (χ1v) is 5.39. The van der Waals surface area contributed by atoms with Gasteiger partial charge in [0, 0.05) is 12.4 Å². The summed E-state index contributed by atoms with van der Waals surface area (Å²) in [7, 11) is 0. The molecule has 0 aliphatic heterocycles. The number of nitrogens with one attached hydrogen (secondary N) is 1. The summed E-state index contributed by atoms with van der Waals surface area (Å²) in [6.45, 7) is 1.89. The number of rotatable bonds is 2. The molecule has 0 atom stereocenters. The fourth-order valence-electron chi connectivity index (χ4n) is 1.47. The van der Waals surface area contributed by atoms with Crippen LogP contribution in [0.2, 0.25) is 0 Å². The van der Waals surface area contributed by atoms with Gasteiger partial charge in [0.2, 0.25) is 0 Å². The Morgan fingerprint density at radius 3 is 2.88 bits per heavy atom. The van der Waals surface area contributed by atoms with Crippen LogP contribution in [-0.2, 0) is 0 Å². The molecule has 2 aromatic heterocycles. The van der Waals surface area contributed by atoms with Gasteiger partial charge in [-0.1, -0.05) is 0 Å². The zero-order valence-electron chi connectivity index (χ0n) is 8.61. The minimum atomic E-state index is -0.00720. The lowest BCUT2D eigenvalue weighted by atomic mass is 10.1. The average molecular weight is 280 g/mol. The fourth-order valence-corrected chi connectivity index (χ4v) is 1.75. The summed E-state index contributed by atoms with van der Waals surface area (Å²) in [4.78, 5) is 4.20. The number of nitrogen functional groups attached to an aromatic ring is 1. The zero-order chi connectivity index (χ0) is 11.7. The summed E-state index contributed by atoms with van der Waals surface area (Å²) >= 11 is 3.31. The highest BCUT2D eigenvalue weighted by molar-refractivity contribution is 9.10. The number of amidine groups is 1. The Morgan fingerprint density at radius 1 is 1.56 bits per heavy atom. The molecule has 0 saturated carbocycles. The van der Waals surface area contributed by atoms with Crippen molar-refractivity contribution in [1.29, 1.82) is 5.41 Å². The number of pyridine rings is 1. The van der Waals surface area contributed by atoms with Gasteiger partial charge in [0.05, 0.1) is 16.2 Å². The van der Waals surface area contributed by atoms with Crippen molar-refractivity contribution in [3.05, 3.63) is 40.3 Å². The predicted molar refractivity (Wildman–Crippen MR) is 64.8 cm³/mol. The highest BCUT2D eigenvalue weighted by atomic mass is 79.9. The second kappa shape index (κ2) is 4.05. The summed E-state index contributed by atoms with van der Waals surface area (Å²) < 4.78 is 2.44. The molecule has 0 bridgehead atoms. The van der Waals surface area contributed by atoms with Crippen molar-refractivity contribution in [2.45, 2.75) is 6.92 Å². The first kappa shape index (κ1) is 10.8. The maximum absolute atomic E-state index is 7.56. The summed E-state index contributed by atoms with van der Waals surface area (Å²) in [6, 6.07) is 1.82. The van der Waals surface area contributed by atoms with Crippen LogP contribution in [0, 0.1) is 12.3 Å². The molecule has 2 heterocycles. The molecule has 5 nitrogen and oxygen atoms in total. The topological polar surface area (TPSA) is 80.6 Å². The SMILES string of the molecule is Cc1ccnc(-n2cc(Br)cn2)c1C(=N)N. The van der Waals surface area contributed by atoms with E-state index in [9.17, 15) is 0 Å². The van der Waals surface area contributed by atoms with E-state index in [-0.39, 0.29) is 5.84 Å². The van der Waals surface area contributed by atoms with Crippen molar-refractivity contribution < 1.29 is 0 Å². The maximum Gasteiger partial charge on any atom is 0.164 e. The molecule has 0 amide bonds. The first-order valence-electron chi connectivity index (χ1n) is 4.60. The number of nitrogens with two attached hydrogens (primary N) is 1. The van der Waals surface area contributed by atoms with E-state index in [0.717, 1.165) is 10.0 Å². The highest BCUT2D eigenvalue weighted by Crippen LogP contribution is 2.16. The lowest BCUT2D eigenvalue weighted by Crippen LogP contribution is -2.17. The van der Waals surface area contributed by atoms with Crippen LogP contribution in [0.3, 0.4) is 0 Å². The molecule has 0 aliphatic rings. The fraction of sp³-hybridized carbons (Fsp3) is 0.100. The predicted octanol–water partition coefficient (Wildman–Crippen LogP) is 1.62.